The van der Waals surface area contributed by atoms with Crippen molar-refractivity contribution in [2.24, 2.45) is 0 Å². The van der Waals surface area contributed by atoms with Gasteiger partial charge in [-0.05, 0) is 18.6 Å². The summed E-state index contributed by atoms with van der Waals surface area (Å²) in [6.45, 7) is 2.35. The van der Waals surface area contributed by atoms with Crippen molar-refractivity contribution in [1.82, 2.24) is 10.2 Å². The molecule has 0 amide bonds. The van der Waals surface area contributed by atoms with E-state index in [2.05, 4.69) is 5.32 Å². The van der Waals surface area contributed by atoms with Crippen LogP contribution in [-0.2, 0) is 0 Å². The number of nitrogens with one attached hydrogen (secondary N) is 1. The van der Waals surface area contributed by atoms with E-state index >= 15 is 0 Å². The van der Waals surface area contributed by atoms with E-state index in [1.165, 1.54) is 12.1 Å². The number of piperazine rings is 1. The minimum Gasteiger partial charge on any atom is -0.314 e. The van der Waals surface area contributed by atoms with Crippen molar-refractivity contribution in [2.45, 2.75) is 25.1 Å². The number of hydrogen-bond donors (Lipinski definition) is 1. The molecule has 1 heterocycles. The second-order valence-corrected chi connectivity index (χ2v) is 6.03. The molecule has 8 heteroatoms. The van der Waals surface area contributed by atoms with E-state index in [0.29, 0.717) is 26.2 Å². The van der Waals surface area contributed by atoms with Crippen LogP contribution in [0.2, 0.25) is 10.0 Å². The molecule has 1 aromatic rings. The van der Waals surface area contributed by atoms with Gasteiger partial charge in [-0.1, -0.05) is 23.2 Å². The van der Waals surface area contributed by atoms with Crippen molar-refractivity contribution in [2.75, 3.05) is 26.2 Å². The molecular formula is C14H16Cl2F4N2. The summed E-state index contributed by atoms with van der Waals surface area (Å²) >= 11 is 11.8. The molecule has 0 radical (unpaired) electrons. The summed E-state index contributed by atoms with van der Waals surface area (Å²) in [5.41, 5.74) is 0.0558. The van der Waals surface area contributed by atoms with Crippen LogP contribution in [0.5, 0.6) is 0 Å². The number of rotatable bonds is 4. The van der Waals surface area contributed by atoms with E-state index in [9.17, 15) is 17.6 Å². The average molecular weight is 359 g/mol. The van der Waals surface area contributed by atoms with Gasteiger partial charge in [0.05, 0.1) is 5.02 Å². The van der Waals surface area contributed by atoms with E-state index < -0.39 is 24.5 Å². The van der Waals surface area contributed by atoms with Crippen LogP contribution in [0, 0.1) is 5.82 Å². The zero-order valence-corrected chi connectivity index (χ0v) is 13.2. The molecule has 1 N–H and O–H groups in total. The summed E-state index contributed by atoms with van der Waals surface area (Å²) < 4.78 is 52.1. The van der Waals surface area contributed by atoms with Gasteiger partial charge in [0.2, 0.25) is 0 Å². The molecular weight excluding hydrogens is 343 g/mol. The molecule has 1 aliphatic rings. The van der Waals surface area contributed by atoms with Gasteiger partial charge in [-0.2, -0.15) is 13.2 Å². The molecule has 1 atom stereocenters. The van der Waals surface area contributed by atoms with Gasteiger partial charge < -0.3 is 5.32 Å². The quantitative estimate of drug-likeness (QED) is 0.632. The van der Waals surface area contributed by atoms with Gasteiger partial charge in [0.1, 0.15) is 5.82 Å². The third-order valence-corrected chi connectivity index (χ3v) is 4.33. The van der Waals surface area contributed by atoms with E-state index in [4.69, 9.17) is 23.2 Å². The Morgan fingerprint density at radius 3 is 2.32 bits per heavy atom. The number of nitrogens with zero attached hydrogens (tertiary/aromatic N) is 1. The summed E-state index contributed by atoms with van der Waals surface area (Å²) in [6, 6.07) is 1.99. The molecule has 0 bridgehead atoms. The lowest BCUT2D eigenvalue weighted by atomic mass is 9.98. The molecule has 0 aromatic heterocycles. The van der Waals surface area contributed by atoms with Gasteiger partial charge >= 0.3 is 6.18 Å². The summed E-state index contributed by atoms with van der Waals surface area (Å²) in [4.78, 5) is 1.82. The van der Waals surface area contributed by atoms with Crippen LogP contribution in [-0.4, -0.2) is 37.3 Å². The maximum absolute atomic E-state index is 14.3. The maximum Gasteiger partial charge on any atom is 0.389 e. The topological polar surface area (TPSA) is 15.3 Å². The fraction of sp³-hybridized carbons (Fsp3) is 0.571. The van der Waals surface area contributed by atoms with Crippen LogP contribution < -0.4 is 5.32 Å². The predicted molar refractivity (Wildman–Crippen MR) is 78.9 cm³/mol. The van der Waals surface area contributed by atoms with Crippen LogP contribution >= 0.6 is 23.2 Å². The highest BCUT2D eigenvalue weighted by Crippen LogP contribution is 2.38. The van der Waals surface area contributed by atoms with Crippen molar-refractivity contribution in [1.29, 1.82) is 0 Å². The highest BCUT2D eigenvalue weighted by Gasteiger charge is 2.33. The van der Waals surface area contributed by atoms with Gasteiger partial charge in [0.25, 0.3) is 0 Å². The molecule has 1 fully saturated rings. The molecule has 2 nitrogen and oxygen atoms in total. The van der Waals surface area contributed by atoms with E-state index in [1.807, 2.05) is 4.90 Å². The lowest BCUT2D eigenvalue weighted by molar-refractivity contribution is -0.138. The molecule has 22 heavy (non-hydrogen) atoms. The van der Waals surface area contributed by atoms with Crippen LogP contribution in [0.4, 0.5) is 17.6 Å². The second-order valence-electron chi connectivity index (χ2n) is 5.21. The van der Waals surface area contributed by atoms with E-state index in [-0.39, 0.29) is 22.0 Å². The Bertz CT molecular complexity index is 516. The minimum atomic E-state index is -4.30. The van der Waals surface area contributed by atoms with Crippen LogP contribution in [0.3, 0.4) is 0 Å². The maximum atomic E-state index is 14.3. The third-order valence-electron chi connectivity index (χ3n) is 3.71. The molecule has 0 unspecified atom stereocenters. The molecule has 0 aliphatic carbocycles. The Hall–Kier alpha value is -0.560. The third kappa shape index (κ3) is 4.47. The minimum absolute atomic E-state index is 0.0558. The zero-order chi connectivity index (χ0) is 16.3. The summed E-state index contributed by atoms with van der Waals surface area (Å²) in [5.74, 6) is -0.736. The van der Waals surface area contributed by atoms with Crippen molar-refractivity contribution < 1.29 is 17.6 Å². The van der Waals surface area contributed by atoms with Crippen molar-refractivity contribution in [3.8, 4) is 0 Å². The highest BCUT2D eigenvalue weighted by atomic mass is 35.5. The van der Waals surface area contributed by atoms with Crippen molar-refractivity contribution in [3.05, 3.63) is 33.6 Å². The average Bonchev–Trinajstić information content (AvgIpc) is 2.46. The SMILES string of the molecule is Fc1c(Cl)ccc(Cl)c1[C@@H](CCC(F)(F)F)N1CCNCC1. The van der Waals surface area contributed by atoms with Crippen LogP contribution in [0.1, 0.15) is 24.4 Å². The Labute approximate surface area is 136 Å². The van der Waals surface area contributed by atoms with Crippen molar-refractivity contribution >= 4 is 23.2 Å². The monoisotopic (exact) mass is 358 g/mol. The number of hydrogen-bond acceptors (Lipinski definition) is 2. The van der Waals surface area contributed by atoms with E-state index in [0.717, 1.165) is 0 Å². The van der Waals surface area contributed by atoms with Gasteiger partial charge in [-0.3, -0.25) is 4.90 Å². The first kappa shape index (κ1) is 17.8. The van der Waals surface area contributed by atoms with Gasteiger partial charge in [-0.25, -0.2) is 4.39 Å². The Balaban J connectivity index is 2.32. The first-order valence-corrected chi connectivity index (χ1v) is 7.70. The van der Waals surface area contributed by atoms with Crippen LogP contribution in [0.25, 0.3) is 0 Å². The lowest BCUT2D eigenvalue weighted by Crippen LogP contribution is -2.45. The van der Waals surface area contributed by atoms with E-state index in [1.54, 1.807) is 0 Å². The lowest BCUT2D eigenvalue weighted by Gasteiger charge is -2.36. The second kappa shape index (κ2) is 7.34. The van der Waals surface area contributed by atoms with Gasteiger partial charge in [0.15, 0.2) is 0 Å². The predicted octanol–water partition coefficient (Wildman–Crippen LogP) is 4.42. The molecule has 1 aromatic carbocycles. The Morgan fingerprint density at radius 2 is 1.73 bits per heavy atom. The normalized spacial score (nSPS) is 18.5. The molecule has 2 rings (SSSR count). The summed E-state index contributed by atoms with van der Waals surface area (Å²) in [7, 11) is 0. The Morgan fingerprint density at radius 1 is 1.14 bits per heavy atom. The highest BCUT2D eigenvalue weighted by molar-refractivity contribution is 6.33. The van der Waals surface area contributed by atoms with Gasteiger partial charge in [-0.15, -0.1) is 0 Å². The fourth-order valence-electron chi connectivity index (χ4n) is 2.65. The number of halogens is 6. The summed E-state index contributed by atoms with van der Waals surface area (Å²) in [5, 5.41) is 3.09. The number of alkyl halides is 3. The largest absolute Gasteiger partial charge is 0.389 e. The fourth-order valence-corrected chi connectivity index (χ4v) is 3.09. The Kier molecular flexibility index (Phi) is 5.94. The molecule has 1 saturated heterocycles. The standard InChI is InChI=1S/C14H16Cl2F4N2/c15-9-1-2-10(16)13(17)12(9)11(3-4-14(18,19)20)22-7-5-21-6-8-22/h1-2,11,21H,3-8H2/t11-/m1/s1. The molecule has 124 valence electrons. The zero-order valence-electron chi connectivity index (χ0n) is 11.7. The molecule has 0 spiro atoms. The first-order valence-electron chi connectivity index (χ1n) is 6.94. The summed E-state index contributed by atoms with van der Waals surface area (Å²) in [6.07, 6.45) is -5.54. The van der Waals surface area contributed by atoms with Gasteiger partial charge in [0, 0.05) is 49.2 Å². The number of benzene rings is 1. The molecule has 1 aliphatic heterocycles. The molecule has 0 saturated carbocycles. The van der Waals surface area contributed by atoms with Crippen molar-refractivity contribution in [3.63, 3.8) is 0 Å². The van der Waals surface area contributed by atoms with Crippen LogP contribution in [0.15, 0.2) is 12.1 Å². The first-order chi connectivity index (χ1) is 10.3. The smallest absolute Gasteiger partial charge is 0.314 e.